The third-order valence-corrected chi connectivity index (χ3v) is 4.17. The molecule has 2 N–H and O–H groups in total. The molecule has 1 amide bonds. The summed E-state index contributed by atoms with van der Waals surface area (Å²) in [5.74, 6) is 0.371. The predicted molar refractivity (Wildman–Crippen MR) is 104 cm³/mol. The molecule has 0 radical (unpaired) electrons. The molecule has 1 heterocycles. The van der Waals surface area contributed by atoms with E-state index in [1.165, 1.54) is 11.1 Å². The van der Waals surface area contributed by atoms with E-state index in [0.29, 0.717) is 12.4 Å². The smallest absolute Gasteiger partial charge is 0.276 e. The number of hydrogen-bond donors (Lipinski definition) is 2. The molecule has 1 aromatic heterocycles. The SMILES string of the molecule is Cc1cccc(CNc2ccc(C(=O)Nc3c(C)cccc3C)nn2)c1. The maximum Gasteiger partial charge on any atom is 0.276 e. The Hall–Kier alpha value is -3.21. The van der Waals surface area contributed by atoms with Crippen LogP contribution in [0.5, 0.6) is 0 Å². The molecule has 0 saturated carbocycles. The standard InChI is InChI=1S/C21H22N4O/c1-14-6-4-9-17(12-14)13-22-19-11-10-18(24-25-19)21(26)23-20-15(2)7-5-8-16(20)3/h4-12H,13H2,1-3H3,(H,22,25)(H,23,26). The van der Waals surface area contributed by atoms with Crippen molar-refractivity contribution >= 4 is 17.4 Å². The minimum Gasteiger partial charge on any atom is -0.365 e. The van der Waals surface area contributed by atoms with E-state index in [1.54, 1.807) is 12.1 Å². The first-order chi connectivity index (χ1) is 12.5. The van der Waals surface area contributed by atoms with Crippen molar-refractivity contribution in [3.63, 3.8) is 0 Å². The summed E-state index contributed by atoms with van der Waals surface area (Å²) in [5.41, 5.74) is 5.53. The highest BCUT2D eigenvalue weighted by atomic mass is 16.1. The van der Waals surface area contributed by atoms with Crippen molar-refractivity contribution in [1.29, 1.82) is 0 Å². The van der Waals surface area contributed by atoms with Gasteiger partial charge in [-0.05, 0) is 49.6 Å². The highest BCUT2D eigenvalue weighted by Gasteiger charge is 2.11. The fraction of sp³-hybridized carbons (Fsp3) is 0.190. The van der Waals surface area contributed by atoms with Crippen LogP contribution in [0.15, 0.2) is 54.6 Å². The Morgan fingerprint density at radius 2 is 1.65 bits per heavy atom. The molecular formula is C21H22N4O. The van der Waals surface area contributed by atoms with Gasteiger partial charge < -0.3 is 10.6 Å². The number of para-hydroxylation sites is 1. The van der Waals surface area contributed by atoms with E-state index in [9.17, 15) is 4.79 Å². The van der Waals surface area contributed by atoms with Crippen LogP contribution in [0.2, 0.25) is 0 Å². The number of rotatable bonds is 5. The Bertz CT molecular complexity index is 899. The van der Waals surface area contributed by atoms with Crippen LogP contribution in [0.4, 0.5) is 11.5 Å². The number of aromatic nitrogens is 2. The van der Waals surface area contributed by atoms with Gasteiger partial charge in [-0.1, -0.05) is 48.0 Å². The molecule has 2 aromatic carbocycles. The number of aryl methyl sites for hydroxylation is 3. The largest absolute Gasteiger partial charge is 0.365 e. The molecule has 0 fully saturated rings. The van der Waals surface area contributed by atoms with Gasteiger partial charge in [0.25, 0.3) is 5.91 Å². The van der Waals surface area contributed by atoms with Crippen molar-refractivity contribution < 1.29 is 4.79 Å². The van der Waals surface area contributed by atoms with E-state index < -0.39 is 0 Å². The van der Waals surface area contributed by atoms with Crippen LogP contribution in [-0.4, -0.2) is 16.1 Å². The average molecular weight is 346 g/mol. The lowest BCUT2D eigenvalue weighted by Crippen LogP contribution is -2.16. The molecule has 0 bridgehead atoms. The van der Waals surface area contributed by atoms with E-state index in [-0.39, 0.29) is 11.6 Å². The quantitative estimate of drug-likeness (QED) is 0.724. The fourth-order valence-electron chi connectivity index (χ4n) is 2.75. The third-order valence-electron chi connectivity index (χ3n) is 4.17. The number of carbonyl (C=O) groups excluding carboxylic acids is 1. The summed E-state index contributed by atoms with van der Waals surface area (Å²) in [6, 6.07) is 17.6. The van der Waals surface area contributed by atoms with E-state index in [2.05, 4.69) is 46.0 Å². The third kappa shape index (κ3) is 4.25. The van der Waals surface area contributed by atoms with Crippen LogP contribution in [0.3, 0.4) is 0 Å². The number of nitrogens with one attached hydrogen (secondary N) is 2. The number of nitrogens with zero attached hydrogens (tertiary/aromatic N) is 2. The van der Waals surface area contributed by atoms with Gasteiger partial charge in [-0.25, -0.2) is 0 Å². The number of amides is 1. The Balaban J connectivity index is 1.64. The molecule has 0 spiro atoms. The van der Waals surface area contributed by atoms with Gasteiger partial charge in [0.1, 0.15) is 5.82 Å². The van der Waals surface area contributed by atoms with Crippen molar-refractivity contribution in [3.05, 3.63) is 82.5 Å². The minimum atomic E-state index is -0.264. The molecular weight excluding hydrogens is 324 g/mol. The Labute approximate surface area is 153 Å². The molecule has 3 rings (SSSR count). The second-order valence-electron chi connectivity index (χ2n) is 6.37. The molecule has 0 saturated heterocycles. The van der Waals surface area contributed by atoms with Crippen LogP contribution in [0, 0.1) is 20.8 Å². The highest BCUT2D eigenvalue weighted by Crippen LogP contribution is 2.20. The lowest BCUT2D eigenvalue weighted by atomic mass is 10.1. The molecule has 5 heteroatoms. The summed E-state index contributed by atoms with van der Waals surface area (Å²) in [5, 5.41) is 14.3. The van der Waals surface area contributed by atoms with Gasteiger partial charge in [-0.15, -0.1) is 10.2 Å². The van der Waals surface area contributed by atoms with Gasteiger partial charge in [0, 0.05) is 12.2 Å². The molecule has 132 valence electrons. The molecule has 5 nitrogen and oxygen atoms in total. The van der Waals surface area contributed by atoms with Gasteiger partial charge >= 0.3 is 0 Å². The van der Waals surface area contributed by atoms with Gasteiger partial charge in [0.05, 0.1) is 0 Å². The zero-order chi connectivity index (χ0) is 18.5. The topological polar surface area (TPSA) is 66.9 Å². The summed E-state index contributed by atoms with van der Waals surface area (Å²) in [6.45, 7) is 6.65. The summed E-state index contributed by atoms with van der Waals surface area (Å²) >= 11 is 0. The fourth-order valence-corrected chi connectivity index (χ4v) is 2.75. The van der Waals surface area contributed by atoms with Crippen LogP contribution < -0.4 is 10.6 Å². The van der Waals surface area contributed by atoms with Crippen LogP contribution in [-0.2, 0) is 6.54 Å². The number of hydrogen-bond acceptors (Lipinski definition) is 4. The Kier molecular flexibility index (Phi) is 5.27. The van der Waals surface area contributed by atoms with Crippen LogP contribution in [0.1, 0.15) is 32.7 Å². The molecule has 0 aliphatic rings. The molecule has 0 atom stereocenters. The normalized spacial score (nSPS) is 10.4. The predicted octanol–water partition coefficient (Wildman–Crippen LogP) is 4.27. The van der Waals surface area contributed by atoms with E-state index >= 15 is 0 Å². The number of anilines is 2. The zero-order valence-corrected chi connectivity index (χ0v) is 15.2. The first kappa shape index (κ1) is 17.6. The van der Waals surface area contributed by atoms with Gasteiger partial charge in [-0.2, -0.15) is 0 Å². The average Bonchev–Trinajstić information content (AvgIpc) is 2.63. The van der Waals surface area contributed by atoms with Crippen LogP contribution >= 0.6 is 0 Å². The van der Waals surface area contributed by atoms with Gasteiger partial charge in [-0.3, -0.25) is 4.79 Å². The summed E-state index contributed by atoms with van der Waals surface area (Å²) < 4.78 is 0. The second-order valence-corrected chi connectivity index (χ2v) is 6.37. The van der Waals surface area contributed by atoms with E-state index in [0.717, 1.165) is 16.8 Å². The lowest BCUT2D eigenvalue weighted by Gasteiger charge is -2.11. The maximum atomic E-state index is 12.4. The van der Waals surface area contributed by atoms with Gasteiger partial charge in [0.15, 0.2) is 5.69 Å². The highest BCUT2D eigenvalue weighted by molar-refractivity contribution is 6.03. The first-order valence-corrected chi connectivity index (χ1v) is 8.53. The maximum absolute atomic E-state index is 12.4. The van der Waals surface area contributed by atoms with Crippen molar-refractivity contribution in [2.75, 3.05) is 10.6 Å². The monoisotopic (exact) mass is 346 g/mol. The van der Waals surface area contributed by atoms with Gasteiger partial charge in [0.2, 0.25) is 0 Å². The van der Waals surface area contributed by atoms with Crippen molar-refractivity contribution in [1.82, 2.24) is 10.2 Å². The molecule has 3 aromatic rings. The van der Waals surface area contributed by atoms with Crippen molar-refractivity contribution in [2.24, 2.45) is 0 Å². The minimum absolute atomic E-state index is 0.264. The number of benzene rings is 2. The Morgan fingerprint density at radius 3 is 2.31 bits per heavy atom. The molecule has 26 heavy (non-hydrogen) atoms. The summed E-state index contributed by atoms with van der Waals surface area (Å²) in [6.07, 6.45) is 0. The first-order valence-electron chi connectivity index (χ1n) is 8.53. The van der Waals surface area contributed by atoms with Crippen molar-refractivity contribution in [2.45, 2.75) is 27.3 Å². The lowest BCUT2D eigenvalue weighted by molar-refractivity contribution is 0.102. The van der Waals surface area contributed by atoms with Crippen molar-refractivity contribution in [3.8, 4) is 0 Å². The van der Waals surface area contributed by atoms with E-state index in [4.69, 9.17) is 0 Å². The Morgan fingerprint density at radius 1 is 0.923 bits per heavy atom. The summed E-state index contributed by atoms with van der Waals surface area (Å²) in [4.78, 5) is 12.4. The number of carbonyl (C=O) groups is 1. The zero-order valence-electron chi connectivity index (χ0n) is 15.2. The molecule has 0 unspecified atom stereocenters. The summed E-state index contributed by atoms with van der Waals surface area (Å²) in [7, 11) is 0. The van der Waals surface area contributed by atoms with Crippen LogP contribution in [0.25, 0.3) is 0 Å². The molecule has 0 aliphatic heterocycles. The second kappa shape index (κ2) is 7.78. The van der Waals surface area contributed by atoms with E-state index in [1.807, 2.05) is 38.1 Å². The molecule has 0 aliphatic carbocycles.